The number of halogens is 1. The Balaban J connectivity index is 2.05. The summed E-state index contributed by atoms with van der Waals surface area (Å²) in [7, 11) is 0. The van der Waals surface area contributed by atoms with Crippen LogP contribution in [0.2, 0.25) is 0 Å². The first-order valence-corrected chi connectivity index (χ1v) is 4.65. The minimum atomic E-state index is -0.269. The summed E-state index contributed by atoms with van der Waals surface area (Å²) in [6.07, 6.45) is 0.481. The summed E-state index contributed by atoms with van der Waals surface area (Å²) in [5, 5.41) is 3.74. The van der Waals surface area contributed by atoms with Crippen LogP contribution in [0.4, 0.5) is 4.39 Å². The molecule has 0 spiro atoms. The lowest BCUT2D eigenvalue weighted by Crippen LogP contribution is -1.99. The van der Waals surface area contributed by atoms with E-state index in [0.717, 1.165) is 5.56 Å². The molecule has 2 N–H and O–H groups in total. The van der Waals surface area contributed by atoms with Crippen LogP contribution in [-0.2, 0) is 17.9 Å². The monoisotopic (exact) mass is 223 g/mol. The van der Waals surface area contributed by atoms with Crippen LogP contribution in [-0.4, -0.2) is 10.1 Å². The fourth-order valence-electron chi connectivity index (χ4n) is 1.28. The summed E-state index contributed by atoms with van der Waals surface area (Å²) in [6.45, 7) is 0.0798. The van der Waals surface area contributed by atoms with E-state index in [1.54, 1.807) is 12.1 Å². The molecule has 0 bridgehead atoms. The van der Waals surface area contributed by atoms with Gasteiger partial charge in [0.15, 0.2) is 5.82 Å². The molecule has 0 aliphatic heterocycles. The predicted octanol–water partition coefficient (Wildman–Crippen LogP) is 1.19. The molecular formula is C10H10FN3O2. The van der Waals surface area contributed by atoms with Gasteiger partial charge in [0.05, 0.1) is 0 Å². The van der Waals surface area contributed by atoms with Crippen LogP contribution < -0.4 is 5.90 Å². The van der Waals surface area contributed by atoms with Gasteiger partial charge >= 0.3 is 0 Å². The summed E-state index contributed by atoms with van der Waals surface area (Å²) < 4.78 is 17.5. The van der Waals surface area contributed by atoms with E-state index in [-0.39, 0.29) is 12.4 Å². The van der Waals surface area contributed by atoms with Crippen LogP contribution in [0.5, 0.6) is 0 Å². The van der Waals surface area contributed by atoms with E-state index < -0.39 is 0 Å². The van der Waals surface area contributed by atoms with Crippen LogP contribution in [0.3, 0.4) is 0 Å². The lowest BCUT2D eigenvalue weighted by Gasteiger charge is -1.95. The molecule has 0 saturated heterocycles. The van der Waals surface area contributed by atoms with Gasteiger partial charge in [0.1, 0.15) is 12.4 Å². The van der Waals surface area contributed by atoms with Crippen LogP contribution >= 0.6 is 0 Å². The molecule has 1 aromatic carbocycles. The largest absolute Gasteiger partial charge is 0.337 e. The van der Waals surface area contributed by atoms with Crippen molar-refractivity contribution < 1.29 is 13.8 Å². The zero-order chi connectivity index (χ0) is 11.4. The number of hydrogen-bond donors (Lipinski definition) is 1. The highest BCUT2D eigenvalue weighted by atomic mass is 19.1. The molecule has 16 heavy (non-hydrogen) atoms. The first kappa shape index (κ1) is 10.7. The first-order valence-electron chi connectivity index (χ1n) is 4.65. The third-order valence-corrected chi connectivity index (χ3v) is 1.99. The fourth-order valence-corrected chi connectivity index (χ4v) is 1.28. The summed E-state index contributed by atoms with van der Waals surface area (Å²) in [5.74, 6) is 5.43. The second-order valence-electron chi connectivity index (χ2n) is 3.22. The lowest BCUT2D eigenvalue weighted by atomic mass is 10.1. The molecule has 5 nitrogen and oxygen atoms in total. The molecule has 0 radical (unpaired) electrons. The fraction of sp³-hybridized carbons (Fsp3) is 0.200. The van der Waals surface area contributed by atoms with E-state index in [9.17, 15) is 4.39 Å². The Labute approximate surface area is 91.0 Å². The normalized spacial score (nSPS) is 10.6. The van der Waals surface area contributed by atoms with E-state index >= 15 is 0 Å². The molecule has 0 aliphatic carbocycles. The van der Waals surface area contributed by atoms with Crippen molar-refractivity contribution in [2.24, 2.45) is 5.90 Å². The molecule has 6 heteroatoms. The van der Waals surface area contributed by atoms with Gasteiger partial charge in [-0.15, -0.1) is 0 Å². The zero-order valence-electron chi connectivity index (χ0n) is 8.39. The zero-order valence-corrected chi connectivity index (χ0v) is 8.39. The minimum Gasteiger partial charge on any atom is -0.337 e. The van der Waals surface area contributed by atoms with Crippen molar-refractivity contribution in [1.82, 2.24) is 10.1 Å². The van der Waals surface area contributed by atoms with Crippen molar-refractivity contribution in [2.45, 2.75) is 13.0 Å². The molecule has 2 aromatic rings. The quantitative estimate of drug-likeness (QED) is 0.788. The number of rotatable bonds is 4. The third kappa shape index (κ3) is 2.62. The molecule has 0 saturated carbocycles. The molecule has 84 valence electrons. The van der Waals surface area contributed by atoms with Crippen molar-refractivity contribution in [1.29, 1.82) is 0 Å². The van der Waals surface area contributed by atoms with Crippen LogP contribution in [0.1, 0.15) is 17.3 Å². The van der Waals surface area contributed by atoms with Gasteiger partial charge in [-0.25, -0.2) is 10.3 Å². The smallest absolute Gasteiger partial charge is 0.254 e. The van der Waals surface area contributed by atoms with Gasteiger partial charge in [-0.2, -0.15) is 4.98 Å². The number of hydrogen-bond acceptors (Lipinski definition) is 5. The Morgan fingerprint density at radius 2 is 2.06 bits per heavy atom. The number of nitrogens with zero attached hydrogens (tertiary/aromatic N) is 2. The highest BCUT2D eigenvalue weighted by Crippen LogP contribution is 2.08. The molecule has 0 unspecified atom stereocenters. The van der Waals surface area contributed by atoms with Crippen LogP contribution in [0.15, 0.2) is 28.8 Å². The Morgan fingerprint density at radius 3 is 2.75 bits per heavy atom. The van der Waals surface area contributed by atoms with Crippen molar-refractivity contribution in [3.63, 3.8) is 0 Å². The van der Waals surface area contributed by atoms with Gasteiger partial charge in [-0.3, -0.25) is 4.84 Å². The molecular weight excluding hydrogens is 213 g/mol. The van der Waals surface area contributed by atoms with E-state index in [0.29, 0.717) is 18.1 Å². The van der Waals surface area contributed by atoms with E-state index in [1.807, 2.05) is 0 Å². The van der Waals surface area contributed by atoms with Gasteiger partial charge in [-0.1, -0.05) is 17.3 Å². The Morgan fingerprint density at radius 1 is 1.31 bits per heavy atom. The summed E-state index contributed by atoms with van der Waals surface area (Å²) in [4.78, 5) is 8.40. The highest BCUT2D eigenvalue weighted by molar-refractivity contribution is 5.19. The Bertz CT molecular complexity index is 455. The topological polar surface area (TPSA) is 74.2 Å². The third-order valence-electron chi connectivity index (χ3n) is 1.99. The molecule has 0 fully saturated rings. The molecule has 0 amide bonds. The maximum absolute atomic E-state index is 12.6. The molecule has 1 heterocycles. The SMILES string of the molecule is NOCc1nc(Cc2ccc(F)cc2)no1. The maximum atomic E-state index is 12.6. The molecule has 1 aromatic heterocycles. The summed E-state index contributed by atoms with van der Waals surface area (Å²) in [6, 6.07) is 6.12. The van der Waals surface area contributed by atoms with E-state index in [4.69, 9.17) is 10.4 Å². The van der Waals surface area contributed by atoms with Crippen LogP contribution in [0, 0.1) is 5.82 Å². The predicted molar refractivity (Wildman–Crippen MR) is 52.5 cm³/mol. The van der Waals surface area contributed by atoms with Gasteiger partial charge in [0, 0.05) is 6.42 Å². The maximum Gasteiger partial charge on any atom is 0.254 e. The van der Waals surface area contributed by atoms with Gasteiger partial charge < -0.3 is 4.52 Å². The van der Waals surface area contributed by atoms with E-state index in [2.05, 4.69) is 15.0 Å². The van der Waals surface area contributed by atoms with Crippen molar-refractivity contribution in [3.8, 4) is 0 Å². The van der Waals surface area contributed by atoms with Gasteiger partial charge in [-0.05, 0) is 17.7 Å². The first-order chi connectivity index (χ1) is 7.78. The average molecular weight is 223 g/mol. The summed E-state index contributed by atoms with van der Waals surface area (Å²) in [5.41, 5.74) is 0.905. The lowest BCUT2D eigenvalue weighted by molar-refractivity contribution is 0.0995. The molecule has 0 aliphatic rings. The van der Waals surface area contributed by atoms with Gasteiger partial charge in [0.25, 0.3) is 5.89 Å². The minimum absolute atomic E-state index is 0.0798. The summed E-state index contributed by atoms with van der Waals surface area (Å²) >= 11 is 0. The van der Waals surface area contributed by atoms with Crippen molar-refractivity contribution in [3.05, 3.63) is 47.4 Å². The van der Waals surface area contributed by atoms with Crippen molar-refractivity contribution in [2.75, 3.05) is 0 Å². The van der Waals surface area contributed by atoms with Crippen molar-refractivity contribution >= 4 is 0 Å². The molecule has 2 rings (SSSR count). The number of benzene rings is 1. The average Bonchev–Trinajstić information content (AvgIpc) is 2.70. The number of nitrogens with two attached hydrogens (primary N) is 1. The Kier molecular flexibility index (Phi) is 3.23. The van der Waals surface area contributed by atoms with Crippen LogP contribution in [0.25, 0.3) is 0 Å². The Hall–Kier alpha value is -1.79. The van der Waals surface area contributed by atoms with E-state index in [1.165, 1.54) is 12.1 Å². The standard InChI is InChI=1S/C10H10FN3O2/c11-8-3-1-7(2-4-8)5-9-13-10(6-15-12)16-14-9/h1-4H,5-6,12H2. The second-order valence-corrected chi connectivity index (χ2v) is 3.22. The number of aromatic nitrogens is 2. The molecule has 0 atom stereocenters. The van der Waals surface area contributed by atoms with Gasteiger partial charge in [0.2, 0.25) is 0 Å². The highest BCUT2D eigenvalue weighted by Gasteiger charge is 2.06. The second kappa shape index (κ2) is 4.82.